The molecule has 0 spiro atoms. The molecule has 1 aromatic rings. The number of ketones is 1. The molecule has 3 nitrogen and oxygen atoms in total. The predicted molar refractivity (Wildman–Crippen MR) is 72.4 cm³/mol. The number of nitrogens with zero attached hydrogens (tertiary/aromatic N) is 2. The first kappa shape index (κ1) is 13.3. The van der Waals surface area contributed by atoms with E-state index in [1.165, 1.54) is 18.5 Å². The molecular weight excluding hydrogens is 224 g/mol. The number of aromatic nitrogens is 2. The van der Waals surface area contributed by atoms with Crippen LogP contribution in [-0.2, 0) is 18.3 Å². The van der Waals surface area contributed by atoms with Gasteiger partial charge in [-0.05, 0) is 38.2 Å². The van der Waals surface area contributed by atoms with E-state index in [0.29, 0.717) is 5.78 Å². The van der Waals surface area contributed by atoms with Crippen molar-refractivity contribution in [2.24, 2.45) is 18.9 Å². The molecule has 2 atom stereocenters. The van der Waals surface area contributed by atoms with Crippen molar-refractivity contribution in [2.45, 2.75) is 52.4 Å². The van der Waals surface area contributed by atoms with Crippen LogP contribution in [0.1, 0.15) is 50.4 Å². The number of aryl methyl sites for hydroxylation is 2. The van der Waals surface area contributed by atoms with E-state index in [-0.39, 0.29) is 5.92 Å². The van der Waals surface area contributed by atoms with Gasteiger partial charge >= 0.3 is 0 Å². The van der Waals surface area contributed by atoms with Crippen molar-refractivity contribution in [1.29, 1.82) is 0 Å². The van der Waals surface area contributed by atoms with Crippen molar-refractivity contribution in [3.8, 4) is 0 Å². The smallest absolute Gasteiger partial charge is 0.136 e. The highest BCUT2D eigenvalue weighted by atomic mass is 16.1. The van der Waals surface area contributed by atoms with Gasteiger partial charge in [0.15, 0.2) is 0 Å². The summed E-state index contributed by atoms with van der Waals surface area (Å²) in [5.41, 5.74) is 2.24. The summed E-state index contributed by atoms with van der Waals surface area (Å²) in [4.78, 5) is 12.0. The maximum Gasteiger partial charge on any atom is 0.136 e. The first-order chi connectivity index (χ1) is 8.60. The molecule has 0 radical (unpaired) electrons. The Hall–Kier alpha value is -1.12. The number of carbonyl (C=O) groups is 1. The van der Waals surface area contributed by atoms with Crippen molar-refractivity contribution >= 4 is 5.78 Å². The van der Waals surface area contributed by atoms with Gasteiger partial charge in [-0.2, -0.15) is 5.10 Å². The van der Waals surface area contributed by atoms with Gasteiger partial charge in [0, 0.05) is 25.1 Å². The topological polar surface area (TPSA) is 34.9 Å². The SMILES string of the molecule is CCCC1CCC(=O)C(Cc2cc(C)nn2C)C1. The molecule has 18 heavy (non-hydrogen) atoms. The Morgan fingerprint density at radius 3 is 2.89 bits per heavy atom. The standard InChI is InChI=1S/C15H24N2O/c1-4-5-12-6-7-15(18)13(9-12)10-14-8-11(2)16-17(14)3/h8,12-13H,4-7,9-10H2,1-3H3. The van der Waals surface area contributed by atoms with Crippen LogP contribution < -0.4 is 0 Å². The molecule has 1 aliphatic rings. The summed E-state index contributed by atoms with van der Waals surface area (Å²) >= 11 is 0. The average molecular weight is 248 g/mol. The quantitative estimate of drug-likeness (QED) is 0.821. The lowest BCUT2D eigenvalue weighted by Gasteiger charge is -2.27. The third kappa shape index (κ3) is 3.01. The fourth-order valence-electron chi connectivity index (χ4n) is 3.18. The van der Waals surface area contributed by atoms with E-state index in [9.17, 15) is 4.79 Å². The van der Waals surface area contributed by atoms with Crippen LogP contribution in [0.25, 0.3) is 0 Å². The summed E-state index contributed by atoms with van der Waals surface area (Å²) in [5.74, 6) is 1.44. The van der Waals surface area contributed by atoms with Crippen molar-refractivity contribution in [3.63, 3.8) is 0 Å². The van der Waals surface area contributed by atoms with Crippen LogP contribution in [0.5, 0.6) is 0 Å². The van der Waals surface area contributed by atoms with Crippen LogP contribution in [0.15, 0.2) is 6.07 Å². The molecule has 3 heteroatoms. The Morgan fingerprint density at radius 2 is 2.28 bits per heavy atom. The van der Waals surface area contributed by atoms with Crippen LogP contribution in [0.4, 0.5) is 0 Å². The second-order valence-corrected chi connectivity index (χ2v) is 5.70. The lowest BCUT2D eigenvalue weighted by atomic mass is 9.77. The van der Waals surface area contributed by atoms with Crippen molar-refractivity contribution in [1.82, 2.24) is 9.78 Å². The van der Waals surface area contributed by atoms with Gasteiger partial charge in [0.25, 0.3) is 0 Å². The highest BCUT2D eigenvalue weighted by molar-refractivity contribution is 5.82. The number of carbonyl (C=O) groups excluding carboxylic acids is 1. The zero-order chi connectivity index (χ0) is 13.1. The van der Waals surface area contributed by atoms with Gasteiger partial charge < -0.3 is 0 Å². The maximum atomic E-state index is 12.0. The monoisotopic (exact) mass is 248 g/mol. The van der Waals surface area contributed by atoms with Gasteiger partial charge in [-0.15, -0.1) is 0 Å². The first-order valence-corrected chi connectivity index (χ1v) is 7.12. The molecule has 1 aliphatic carbocycles. The van der Waals surface area contributed by atoms with E-state index in [2.05, 4.69) is 18.1 Å². The third-order valence-electron chi connectivity index (χ3n) is 4.12. The molecule has 0 aliphatic heterocycles. The first-order valence-electron chi connectivity index (χ1n) is 7.12. The molecule has 1 fully saturated rings. The lowest BCUT2D eigenvalue weighted by Crippen LogP contribution is -2.27. The molecule has 0 N–H and O–H groups in total. The van der Waals surface area contributed by atoms with E-state index in [1.54, 1.807) is 0 Å². The van der Waals surface area contributed by atoms with Crippen LogP contribution >= 0.6 is 0 Å². The van der Waals surface area contributed by atoms with E-state index in [0.717, 1.165) is 37.3 Å². The Balaban J connectivity index is 2.02. The molecule has 0 aromatic carbocycles. The predicted octanol–water partition coefficient (Wildman–Crippen LogP) is 3.06. The molecule has 1 heterocycles. The molecule has 100 valence electrons. The van der Waals surface area contributed by atoms with Gasteiger partial charge in [-0.3, -0.25) is 9.48 Å². The summed E-state index contributed by atoms with van der Waals surface area (Å²) in [7, 11) is 1.97. The zero-order valence-electron chi connectivity index (χ0n) is 11.8. The Kier molecular flexibility index (Phi) is 4.20. The fraction of sp³-hybridized carbons (Fsp3) is 0.733. The number of Topliss-reactive ketones (excluding diaryl/α,β-unsaturated/α-hetero) is 1. The van der Waals surface area contributed by atoms with Gasteiger partial charge in [-0.25, -0.2) is 0 Å². The van der Waals surface area contributed by atoms with Crippen molar-refractivity contribution < 1.29 is 4.79 Å². The number of rotatable bonds is 4. The molecule has 0 amide bonds. The van der Waals surface area contributed by atoms with Crippen molar-refractivity contribution in [3.05, 3.63) is 17.5 Å². The van der Waals surface area contributed by atoms with E-state index in [1.807, 2.05) is 18.7 Å². The highest BCUT2D eigenvalue weighted by Gasteiger charge is 2.28. The average Bonchev–Trinajstić information content (AvgIpc) is 2.62. The van der Waals surface area contributed by atoms with Gasteiger partial charge in [0.1, 0.15) is 5.78 Å². The fourth-order valence-corrected chi connectivity index (χ4v) is 3.18. The molecule has 0 bridgehead atoms. The largest absolute Gasteiger partial charge is 0.299 e. The van der Waals surface area contributed by atoms with Crippen molar-refractivity contribution in [2.75, 3.05) is 0 Å². The normalized spacial score (nSPS) is 24.5. The molecule has 2 unspecified atom stereocenters. The van der Waals surface area contributed by atoms with Crippen LogP contribution in [0.2, 0.25) is 0 Å². The second kappa shape index (κ2) is 5.68. The molecule has 1 aromatic heterocycles. The van der Waals surface area contributed by atoms with Gasteiger partial charge in [0.2, 0.25) is 0 Å². The summed E-state index contributed by atoms with van der Waals surface area (Å²) in [6, 6.07) is 2.11. The number of hydrogen-bond acceptors (Lipinski definition) is 2. The van der Waals surface area contributed by atoms with E-state index < -0.39 is 0 Å². The summed E-state index contributed by atoms with van der Waals surface area (Å²) < 4.78 is 1.92. The minimum atomic E-state index is 0.227. The van der Waals surface area contributed by atoms with E-state index >= 15 is 0 Å². The minimum absolute atomic E-state index is 0.227. The van der Waals surface area contributed by atoms with Gasteiger partial charge in [0.05, 0.1) is 5.69 Å². The summed E-state index contributed by atoms with van der Waals surface area (Å²) in [5, 5.41) is 4.36. The molecule has 1 saturated carbocycles. The maximum absolute atomic E-state index is 12.0. The Morgan fingerprint density at radius 1 is 1.50 bits per heavy atom. The second-order valence-electron chi connectivity index (χ2n) is 5.70. The van der Waals surface area contributed by atoms with Crippen LogP contribution in [0, 0.1) is 18.8 Å². The highest BCUT2D eigenvalue weighted by Crippen LogP contribution is 2.31. The van der Waals surface area contributed by atoms with Gasteiger partial charge in [-0.1, -0.05) is 19.8 Å². The Bertz CT molecular complexity index is 422. The molecular formula is C15H24N2O. The van der Waals surface area contributed by atoms with Crippen LogP contribution in [0.3, 0.4) is 0 Å². The third-order valence-corrected chi connectivity index (χ3v) is 4.12. The molecule has 2 rings (SSSR count). The minimum Gasteiger partial charge on any atom is -0.299 e. The summed E-state index contributed by atoms with van der Waals surface area (Å²) in [6.45, 7) is 4.24. The lowest BCUT2D eigenvalue weighted by molar-refractivity contribution is -0.125. The summed E-state index contributed by atoms with van der Waals surface area (Å²) in [6.07, 6.45) is 6.34. The van der Waals surface area contributed by atoms with E-state index in [4.69, 9.17) is 0 Å². The Labute approximate surface area is 110 Å². The zero-order valence-corrected chi connectivity index (χ0v) is 11.8. The molecule has 0 saturated heterocycles. The van der Waals surface area contributed by atoms with Crippen LogP contribution in [-0.4, -0.2) is 15.6 Å². The number of hydrogen-bond donors (Lipinski definition) is 0.